The summed E-state index contributed by atoms with van der Waals surface area (Å²) >= 11 is 0. The van der Waals surface area contributed by atoms with Crippen LogP contribution >= 0.6 is 0 Å². The van der Waals surface area contributed by atoms with Crippen molar-refractivity contribution in [3.8, 4) is 0 Å². The molecule has 2 aliphatic rings. The van der Waals surface area contributed by atoms with Crippen molar-refractivity contribution >= 4 is 25.6 Å². The number of piperazine rings is 1. The summed E-state index contributed by atoms with van der Waals surface area (Å²) in [6, 6.07) is 6.18. The summed E-state index contributed by atoms with van der Waals surface area (Å²) in [5.41, 5.74) is 1.04. The fourth-order valence-electron chi connectivity index (χ4n) is 4.02. The summed E-state index contributed by atoms with van der Waals surface area (Å²) in [4.78, 5) is 15.3. The lowest BCUT2D eigenvalue weighted by atomic mass is 10.0. The number of hydrogen-bond acceptors (Lipinski definition) is 6. The predicted molar refractivity (Wildman–Crippen MR) is 108 cm³/mol. The van der Waals surface area contributed by atoms with E-state index in [0.717, 1.165) is 5.56 Å². The molecule has 0 unspecified atom stereocenters. The van der Waals surface area contributed by atoms with E-state index >= 15 is 0 Å². The van der Waals surface area contributed by atoms with E-state index in [1.807, 2.05) is 18.7 Å². The van der Waals surface area contributed by atoms with Crippen molar-refractivity contribution in [2.75, 3.05) is 37.7 Å². The summed E-state index contributed by atoms with van der Waals surface area (Å²) < 4.78 is 51.2. The second-order valence-electron chi connectivity index (χ2n) is 7.99. The first kappa shape index (κ1) is 21.3. The van der Waals surface area contributed by atoms with Gasteiger partial charge in [-0.1, -0.05) is 26.0 Å². The van der Waals surface area contributed by atoms with Gasteiger partial charge in [0.05, 0.1) is 21.7 Å². The number of carbonyl (C=O) groups excluding carboxylic acids is 1. The van der Waals surface area contributed by atoms with Crippen LogP contribution in [-0.4, -0.2) is 81.5 Å². The van der Waals surface area contributed by atoms with E-state index in [-0.39, 0.29) is 28.2 Å². The average Bonchev–Trinajstić information content (AvgIpc) is 2.98. The third-order valence-electron chi connectivity index (χ3n) is 5.77. The van der Waals surface area contributed by atoms with E-state index in [9.17, 15) is 21.6 Å². The van der Waals surface area contributed by atoms with Crippen LogP contribution < -0.4 is 0 Å². The molecule has 0 aliphatic carbocycles. The topological polar surface area (TPSA) is 91.8 Å². The lowest BCUT2D eigenvalue weighted by Gasteiger charge is -2.39. The van der Waals surface area contributed by atoms with E-state index in [2.05, 4.69) is 0 Å². The largest absolute Gasteiger partial charge is 0.340 e. The van der Waals surface area contributed by atoms with Gasteiger partial charge in [-0.05, 0) is 23.6 Å². The van der Waals surface area contributed by atoms with Gasteiger partial charge in [0.2, 0.25) is 5.91 Å². The SMILES string of the molecule is CC(=O)N1CCN([C@H]2CS(=O)(=O)C[C@@H]2S(=O)(=O)c2ccc(C(C)C)cc2)CC1. The number of rotatable bonds is 4. The summed E-state index contributed by atoms with van der Waals surface area (Å²) in [5, 5.41) is -0.980. The van der Waals surface area contributed by atoms with Gasteiger partial charge in [-0.25, -0.2) is 16.8 Å². The Morgan fingerprint density at radius 1 is 1.04 bits per heavy atom. The Bertz CT molecular complexity index is 931. The molecule has 156 valence electrons. The van der Waals surface area contributed by atoms with E-state index in [0.29, 0.717) is 26.2 Å². The molecule has 2 atom stereocenters. The first-order valence-electron chi connectivity index (χ1n) is 9.55. The van der Waals surface area contributed by atoms with Crippen molar-refractivity contribution in [3.05, 3.63) is 29.8 Å². The molecule has 2 heterocycles. The Morgan fingerprint density at radius 3 is 2.11 bits per heavy atom. The number of hydrogen-bond donors (Lipinski definition) is 0. The van der Waals surface area contributed by atoms with Crippen LogP contribution in [0.5, 0.6) is 0 Å². The van der Waals surface area contributed by atoms with Crippen LogP contribution in [-0.2, 0) is 24.5 Å². The van der Waals surface area contributed by atoms with Gasteiger partial charge in [-0.15, -0.1) is 0 Å². The molecule has 1 amide bonds. The quantitative estimate of drug-likeness (QED) is 0.708. The molecule has 9 heteroatoms. The molecule has 3 rings (SSSR count). The fourth-order valence-corrected chi connectivity index (χ4v) is 8.85. The highest BCUT2D eigenvalue weighted by molar-refractivity contribution is 7.96. The third-order valence-corrected chi connectivity index (χ3v) is 9.91. The Morgan fingerprint density at radius 2 is 1.61 bits per heavy atom. The molecular formula is C19H28N2O5S2. The maximum atomic E-state index is 13.3. The smallest absolute Gasteiger partial charge is 0.219 e. The van der Waals surface area contributed by atoms with Crippen LogP contribution in [0.15, 0.2) is 29.2 Å². The minimum atomic E-state index is -3.78. The molecule has 7 nitrogen and oxygen atoms in total. The fraction of sp³-hybridized carbons (Fsp3) is 0.632. The predicted octanol–water partition coefficient (Wildman–Crippen LogP) is 0.913. The molecule has 0 radical (unpaired) electrons. The maximum absolute atomic E-state index is 13.3. The van der Waals surface area contributed by atoms with Crippen molar-refractivity contribution in [1.29, 1.82) is 0 Å². The summed E-state index contributed by atoms with van der Waals surface area (Å²) in [6.07, 6.45) is 0. The number of carbonyl (C=O) groups is 1. The van der Waals surface area contributed by atoms with Crippen LogP contribution in [0.1, 0.15) is 32.3 Å². The highest BCUT2D eigenvalue weighted by atomic mass is 32.2. The van der Waals surface area contributed by atoms with Crippen molar-refractivity contribution < 1.29 is 21.6 Å². The first-order chi connectivity index (χ1) is 13.0. The molecule has 0 spiro atoms. The van der Waals surface area contributed by atoms with Crippen LogP contribution in [0.3, 0.4) is 0 Å². The molecule has 0 N–H and O–H groups in total. The van der Waals surface area contributed by atoms with Crippen LogP contribution in [0.4, 0.5) is 0 Å². The molecule has 1 aromatic rings. The van der Waals surface area contributed by atoms with Gasteiger partial charge in [0, 0.05) is 39.1 Å². The highest BCUT2D eigenvalue weighted by Gasteiger charge is 2.48. The van der Waals surface area contributed by atoms with Crippen LogP contribution in [0.2, 0.25) is 0 Å². The van der Waals surface area contributed by atoms with E-state index in [4.69, 9.17) is 0 Å². The minimum Gasteiger partial charge on any atom is -0.340 e. The number of amides is 1. The number of nitrogens with zero attached hydrogens (tertiary/aromatic N) is 2. The first-order valence-corrected chi connectivity index (χ1v) is 12.9. The Hall–Kier alpha value is -1.45. The zero-order valence-corrected chi connectivity index (χ0v) is 18.2. The average molecular weight is 429 g/mol. The Kier molecular flexibility index (Phi) is 5.89. The molecule has 28 heavy (non-hydrogen) atoms. The molecular weight excluding hydrogens is 400 g/mol. The van der Waals surface area contributed by atoms with Gasteiger partial charge in [0.1, 0.15) is 0 Å². The highest BCUT2D eigenvalue weighted by Crippen LogP contribution is 2.30. The molecule has 2 aliphatic heterocycles. The normalized spacial score (nSPS) is 25.9. The van der Waals surface area contributed by atoms with Crippen molar-refractivity contribution in [2.24, 2.45) is 0 Å². The monoisotopic (exact) mass is 428 g/mol. The number of sulfone groups is 2. The molecule has 2 fully saturated rings. The van der Waals surface area contributed by atoms with Gasteiger partial charge in [-0.3, -0.25) is 9.69 Å². The van der Waals surface area contributed by atoms with E-state index in [1.54, 1.807) is 29.2 Å². The summed E-state index contributed by atoms with van der Waals surface area (Å²) in [7, 11) is -7.22. The van der Waals surface area contributed by atoms with Gasteiger partial charge >= 0.3 is 0 Å². The zero-order chi connectivity index (χ0) is 20.7. The molecule has 1 aromatic carbocycles. The van der Waals surface area contributed by atoms with Crippen LogP contribution in [0, 0.1) is 0 Å². The van der Waals surface area contributed by atoms with Gasteiger partial charge in [0.15, 0.2) is 19.7 Å². The minimum absolute atomic E-state index is 0.0203. The van der Waals surface area contributed by atoms with E-state index in [1.165, 1.54) is 6.92 Å². The van der Waals surface area contributed by atoms with Gasteiger partial charge in [-0.2, -0.15) is 0 Å². The van der Waals surface area contributed by atoms with Crippen LogP contribution in [0.25, 0.3) is 0 Å². The lowest BCUT2D eigenvalue weighted by molar-refractivity contribution is -0.130. The van der Waals surface area contributed by atoms with Crippen molar-refractivity contribution in [3.63, 3.8) is 0 Å². The third kappa shape index (κ3) is 4.26. The molecule has 2 saturated heterocycles. The van der Waals surface area contributed by atoms with E-state index < -0.39 is 31.0 Å². The van der Waals surface area contributed by atoms with Gasteiger partial charge < -0.3 is 4.90 Å². The Balaban J connectivity index is 1.86. The zero-order valence-electron chi connectivity index (χ0n) is 16.5. The standard InChI is InChI=1S/C19H28N2O5S2/c1-14(2)16-4-6-17(7-5-16)28(25,26)19-13-27(23,24)12-18(19)21-10-8-20(9-11-21)15(3)22/h4-7,14,18-19H,8-13H2,1-3H3/t18-,19-/m0/s1. The molecule has 0 aromatic heterocycles. The van der Waals surface area contributed by atoms with Gasteiger partial charge in [0.25, 0.3) is 0 Å². The van der Waals surface area contributed by atoms with Crippen molar-refractivity contribution in [2.45, 2.75) is 42.9 Å². The van der Waals surface area contributed by atoms with Crippen molar-refractivity contribution in [1.82, 2.24) is 9.80 Å². The summed E-state index contributed by atoms with van der Waals surface area (Å²) in [5.74, 6) is -0.234. The summed E-state index contributed by atoms with van der Waals surface area (Å²) in [6.45, 7) is 7.51. The maximum Gasteiger partial charge on any atom is 0.219 e. The lowest BCUT2D eigenvalue weighted by Crippen LogP contribution is -2.55. The molecule has 0 saturated carbocycles. The number of benzene rings is 1. The second-order valence-corrected chi connectivity index (χ2v) is 12.3. The molecule has 0 bridgehead atoms. The second kappa shape index (κ2) is 7.76. The Labute approximate surface area is 167 Å².